The van der Waals surface area contributed by atoms with E-state index in [1.807, 2.05) is 13.0 Å². The SMILES string of the molecule is CCCCNC(=O)C(C)N(Cc1ccccc1Cl)C(=O)CN(c1c(C)cccc1C)S(C)(=O)=O. The first-order valence-electron chi connectivity index (χ1n) is 11.3. The molecule has 0 fully saturated rings. The lowest BCUT2D eigenvalue weighted by Crippen LogP contribution is -2.51. The van der Waals surface area contributed by atoms with Gasteiger partial charge >= 0.3 is 0 Å². The van der Waals surface area contributed by atoms with Crippen LogP contribution in [-0.4, -0.2) is 50.5 Å². The maximum atomic E-state index is 13.6. The molecule has 0 saturated carbocycles. The summed E-state index contributed by atoms with van der Waals surface area (Å²) in [5.74, 6) is -0.794. The van der Waals surface area contributed by atoms with Crippen molar-refractivity contribution < 1.29 is 18.0 Å². The van der Waals surface area contributed by atoms with Crippen LogP contribution in [0.3, 0.4) is 0 Å². The van der Waals surface area contributed by atoms with Gasteiger partial charge in [-0.2, -0.15) is 0 Å². The summed E-state index contributed by atoms with van der Waals surface area (Å²) in [5, 5.41) is 3.32. The zero-order valence-corrected chi connectivity index (χ0v) is 22.0. The highest BCUT2D eigenvalue weighted by atomic mass is 35.5. The summed E-state index contributed by atoms with van der Waals surface area (Å²) in [7, 11) is -3.78. The third-order valence-electron chi connectivity index (χ3n) is 5.66. The van der Waals surface area contributed by atoms with E-state index in [1.54, 1.807) is 57.2 Å². The molecule has 2 rings (SSSR count). The number of carbonyl (C=O) groups excluding carboxylic acids is 2. The molecule has 34 heavy (non-hydrogen) atoms. The first-order chi connectivity index (χ1) is 16.0. The van der Waals surface area contributed by atoms with E-state index in [9.17, 15) is 18.0 Å². The number of hydrogen-bond donors (Lipinski definition) is 1. The van der Waals surface area contributed by atoms with E-state index in [4.69, 9.17) is 11.6 Å². The first kappa shape index (κ1) is 27.7. The van der Waals surface area contributed by atoms with Crippen LogP contribution in [0.25, 0.3) is 0 Å². The van der Waals surface area contributed by atoms with Gasteiger partial charge in [-0.1, -0.05) is 61.3 Å². The van der Waals surface area contributed by atoms with Crippen molar-refractivity contribution in [1.29, 1.82) is 0 Å². The molecule has 0 aromatic heterocycles. The molecule has 1 unspecified atom stereocenters. The number of hydrogen-bond acceptors (Lipinski definition) is 4. The van der Waals surface area contributed by atoms with E-state index in [0.29, 0.717) is 22.8 Å². The van der Waals surface area contributed by atoms with E-state index in [2.05, 4.69) is 5.32 Å². The Kier molecular flexibility index (Phi) is 9.94. The van der Waals surface area contributed by atoms with Crippen LogP contribution in [0.15, 0.2) is 42.5 Å². The molecule has 186 valence electrons. The normalized spacial score (nSPS) is 12.2. The molecule has 2 aromatic rings. The van der Waals surface area contributed by atoms with Gasteiger partial charge in [-0.3, -0.25) is 13.9 Å². The zero-order chi connectivity index (χ0) is 25.5. The van der Waals surface area contributed by atoms with Gasteiger partial charge < -0.3 is 10.2 Å². The van der Waals surface area contributed by atoms with Crippen molar-refractivity contribution >= 4 is 39.1 Å². The maximum absolute atomic E-state index is 13.6. The highest BCUT2D eigenvalue weighted by Crippen LogP contribution is 2.27. The molecule has 2 amide bonds. The molecule has 2 aromatic carbocycles. The molecule has 0 aliphatic rings. The topological polar surface area (TPSA) is 86.8 Å². The molecule has 0 saturated heterocycles. The van der Waals surface area contributed by atoms with Gasteiger partial charge in [0.05, 0.1) is 11.9 Å². The van der Waals surface area contributed by atoms with E-state index >= 15 is 0 Å². The Bertz CT molecular complexity index is 1100. The summed E-state index contributed by atoms with van der Waals surface area (Å²) in [6.07, 6.45) is 2.83. The number of halogens is 1. The Morgan fingerprint density at radius 2 is 1.68 bits per heavy atom. The lowest BCUT2D eigenvalue weighted by Gasteiger charge is -2.32. The number of sulfonamides is 1. The van der Waals surface area contributed by atoms with Crippen LogP contribution >= 0.6 is 11.6 Å². The van der Waals surface area contributed by atoms with Crippen LogP contribution in [-0.2, 0) is 26.2 Å². The Labute approximate surface area is 208 Å². The summed E-state index contributed by atoms with van der Waals surface area (Å²) >= 11 is 6.33. The summed E-state index contributed by atoms with van der Waals surface area (Å²) < 4.78 is 26.6. The van der Waals surface area contributed by atoms with Gasteiger partial charge in [0.25, 0.3) is 0 Å². The van der Waals surface area contributed by atoms with Crippen molar-refractivity contribution in [3.05, 3.63) is 64.2 Å². The fourth-order valence-electron chi connectivity index (χ4n) is 3.70. The van der Waals surface area contributed by atoms with Gasteiger partial charge in [-0.15, -0.1) is 0 Å². The number of nitrogens with one attached hydrogen (secondary N) is 1. The van der Waals surface area contributed by atoms with Crippen molar-refractivity contribution in [2.45, 2.75) is 53.1 Å². The Balaban J connectivity index is 2.42. The van der Waals surface area contributed by atoms with Crippen LogP contribution in [0.1, 0.15) is 43.4 Å². The third-order valence-corrected chi connectivity index (χ3v) is 7.14. The minimum Gasteiger partial charge on any atom is -0.354 e. The Morgan fingerprint density at radius 3 is 2.24 bits per heavy atom. The van der Waals surface area contributed by atoms with E-state index in [0.717, 1.165) is 34.5 Å². The van der Waals surface area contributed by atoms with Crippen molar-refractivity contribution in [2.75, 3.05) is 23.7 Å². The summed E-state index contributed by atoms with van der Waals surface area (Å²) in [5.41, 5.74) is 2.61. The van der Waals surface area contributed by atoms with Gasteiger partial charge in [0.15, 0.2) is 0 Å². The third kappa shape index (κ3) is 7.21. The first-order valence-corrected chi connectivity index (χ1v) is 13.5. The number of unbranched alkanes of at least 4 members (excludes halogenated alkanes) is 1. The monoisotopic (exact) mass is 507 g/mol. The quantitative estimate of drug-likeness (QED) is 0.465. The van der Waals surface area contributed by atoms with Crippen molar-refractivity contribution in [3.8, 4) is 0 Å². The molecule has 0 radical (unpaired) electrons. The number of anilines is 1. The van der Waals surface area contributed by atoms with E-state index in [1.165, 1.54) is 4.90 Å². The molecule has 7 nitrogen and oxygen atoms in total. The highest BCUT2D eigenvalue weighted by molar-refractivity contribution is 7.92. The lowest BCUT2D eigenvalue weighted by molar-refractivity contribution is -0.139. The molecule has 9 heteroatoms. The lowest BCUT2D eigenvalue weighted by atomic mass is 10.1. The fourth-order valence-corrected chi connectivity index (χ4v) is 4.86. The number of aryl methyl sites for hydroxylation is 2. The predicted octanol–water partition coefficient (Wildman–Crippen LogP) is 4.06. The van der Waals surface area contributed by atoms with Crippen molar-refractivity contribution in [1.82, 2.24) is 10.2 Å². The summed E-state index contributed by atoms with van der Waals surface area (Å²) in [6, 6.07) is 11.7. The maximum Gasteiger partial charge on any atom is 0.244 e. The largest absolute Gasteiger partial charge is 0.354 e. The number of carbonyl (C=O) groups is 2. The molecule has 0 aliphatic carbocycles. The van der Waals surface area contributed by atoms with E-state index in [-0.39, 0.29) is 12.5 Å². The Morgan fingerprint density at radius 1 is 1.06 bits per heavy atom. The predicted molar refractivity (Wildman–Crippen MR) is 137 cm³/mol. The van der Waals surface area contributed by atoms with Crippen LogP contribution in [0, 0.1) is 13.8 Å². The standard InChI is InChI=1S/C25H34ClN3O4S/c1-6-7-15-27-25(31)20(4)28(16-21-13-8-9-14-22(21)26)23(30)17-29(34(5,32)33)24-18(2)11-10-12-19(24)3/h8-14,20H,6-7,15-17H2,1-5H3,(H,27,31). The second-order valence-corrected chi connectivity index (χ2v) is 10.8. The Hall–Kier alpha value is -2.58. The summed E-state index contributed by atoms with van der Waals surface area (Å²) in [6.45, 7) is 7.42. The zero-order valence-electron chi connectivity index (χ0n) is 20.5. The fraction of sp³-hybridized carbons (Fsp3) is 0.440. The number of benzene rings is 2. The molecule has 0 aliphatic heterocycles. The number of nitrogens with zero attached hydrogens (tertiary/aromatic N) is 2. The summed E-state index contributed by atoms with van der Waals surface area (Å²) in [4.78, 5) is 27.8. The van der Waals surface area contributed by atoms with Gasteiger partial charge in [0.1, 0.15) is 12.6 Å². The van der Waals surface area contributed by atoms with Crippen LogP contribution in [0.5, 0.6) is 0 Å². The van der Waals surface area contributed by atoms with Gasteiger partial charge in [0.2, 0.25) is 21.8 Å². The van der Waals surface area contributed by atoms with Crippen LogP contribution in [0.2, 0.25) is 5.02 Å². The molecular weight excluding hydrogens is 474 g/mol. The second kappa shape index (κ2) is 12.2. The molecule has 0 bridgehead atoms. The van der Waals surface area contributed by atoms with Gasteiger partial charge in [-0.05, 0) is 49.9 Å². The average molecular weight is 508 g/mol. The van der Waals surface area contributed by atoms with Crippen LogP contribution < -0.4 is 9.62 Å². The molecule has 0 spiro atoms. The minimum absolute atomic E-state index is 0.0746. The molecule has 0 heterocycles. The average Bonchev–Trinajstić information content (AvgIpc) is 2.76. The minimum atomic E-state index is -3.78. The molecule has 1 N–H and O–H groups in total. The second-order valence-electron chi connectivity index (χ2n) is 8.44. The number of amides is 2. The smallest absolute Gasteiger partial charge is 0.244 e. The molecule has 1 atom stereocenters. The van der Waals surface area contributed by atoms with Gasteiger partial charge in [-0.25, -0.2) is 8.42 Å². The molecular formula is C25H34ClN3O4S. The van der Waals surface area contributed by atoms with Crippen molar-refractivity contribution in [3.63, 3.8) is 0 Å². The number of rotatable bonds is 11. The number of para-hydroxylation sites is 1. The van der Waals surface area contributed by atoms with Crippen molar-refractivity contribution in [2.24, 2.45) is 0 Å². The van der Waals surface area contributed by atoms with Gasteiger partial charge in [0, 0.05) is 18.1 Å². The highest BCUT2D eigenvalue weighted by Gasteiger charge is 2.31. The van der Waals surface area contributed by atoms with E-state index < -0.39 is 28.5 Å². The van der Waals surface area contributed by atoms with Crippen LogP contribution in [0.4, 0.5) is 5.69 Å².